The summed E-state index contributed by atoms with van der Waals surface area (Å²) in [7, 11) is 6.11. The molecule has 9 heteroatoms. The van der Waals surface area contributed by atoms with Crippen LogP contribution in [0.4, 0.5) is 5.69 Å². The number of rotatable bonds is 10. The predicted molar refractivity (Wildman–Crippen MR) is 109 cm³/mol. The van der Waals surface area contributed by atoms with Crippen molar-refractivity contribution in [3.05, 3.63) is 51.8 Å². The van der Waals surface area contributed by atoms with E-state index in [2.05, 4.69) is 10.7 Å². The highest BCUT2D eigenvalue weighted by atomic mass is 32.2. The van der Waals surface area contributed by atoms with Crippen LogP contribution in [0.3, 0.4) is 0 Å². The van der Waals surface area contributed by atoms with Gasteiger partial charge in [0.1, 0.15) is 39.8 Å². The molecule has 1 unspecified atom stereocenters. The Balaban J connectivity index is 2.21. The summed E-state index contributed by atoms with van der Waals surface area (Å²) < 4.78 is 33.6. The molecular formula is C19H22N2O6S. The van der Waals surface area contributed by atoms with E-state index in [-0.39, 0.29) is 5.75 Å². The van der Waals surface area contributed by atoms with Gasteiger partial charge in [-0.3, -0.25) is 0 Å². The lowest BCUT2D eigenvalue weighted by molar-refractivity contribution is 0.374. The van der Waals surface area contributed by atoms with E-state index in [0.717, 1.165) is 5.56 Å². The SMILES string of the molecule is COc1cc(OC)c(/C=C/[S+]([O-])Cc2ccc(OC)c(NN=O)c2)c(OC)c1. The molecule has 1 atom stereocenters. The summed E-state index contributed by atoms with van der Waals surface area (Å²) in [5.41, 5.74) is 4.14. The number of ether oxygens (including phenoxy) is 4. The minimum absolute atomic E-state index is 0.245. The van der Waals surface area contributed by atoms with Crippen LogP contribution in [0.25, 0.3) is 6.08 Å². The lowest BCUT2D eigenvalue weighted by atomic mass is 10.1. The fraction of sp³-hybridized carbons (Fsp3) is 0.263. The van der Waals surface area contributed by atoms with Crippen LogP contribution < -0.4 is 24.4 Å². The van der Waals surface area contributed by atoms with Gasteiger partial charge in [-0.15, -0.1) is 4.91 Å². The van der Waals surface area contributed by atoms with Gasteiger partial charge in [0.25, 0.3) is 0 Å². The van der Waals surface area contributed by atoms with Crippen molar-refractivity contribution in [2.75, 3.05) is 33.9 Å². The number of hydrogen-bond donors (Lipinski definition) is 1. The molecule has 2 aromatic rings. The first-order valence-corrected chi connectivity index (χ1v) is 9.55. The summed E-state index contributed by atoms with van der Waals surface area (Å²) in [6.45, 7) is 0. The Morgan fingerprint density at radius 3 is 2.18 bits per heavy atom. The van der Waals surface area contributed by atoms with Crippen LogP contribution in [0.5, 0.6) is 23.0 Å². The van der Waals surface area contributed by atoms with Crippen LogP contribution in [0.2, 0.25) is 0 Å². The number of nitroso groups, excluding NO2 is 1. The maximum absolute atomic E-state index is 12.5. The molecule has 0 bridgehead atoms. The Morgan fingerprint density at radius 2 is 1.64 bits per heavy atom. The lowest BCUT2D eigenvalue weighted by Crippen LogP contribution is -2.02. The smallest absolute Gasteiger partial charge is 0.143 e. The van der Waals surface area contributed by atoms with Crippen molar-refractivity contribution in [3.63, 3.8) is 0 Å². The topological polar surface area (TPSA) is 101 Å². The summed E-state index contributed by atoms with van der Waals surface area (Å²) in [5, 5.41) is 4.21. The number of anilines is 1. The van der Waals surface area contributed by atoms with Gasteiger partial charge >= 0.3 is 0 Å². The van der Waals surface area contributed by atoms with E-state index in [4.69, 9.17) is 18.9 Å². The third-order valence-electron chi connectivity index (χ3n) is 3.88. The van der Waals surface area contributed by atoms with Crippen LogP contribution in [0.1, 0.15) is 11.1 Å². The van der Waals surface area contributed by atoms with Crippen molar-refractivity contribution >= 4 is 22.9 Å². The maximum atomic E-state index is 12.5. The normalized spacial score (nSPS) is 11.8. The minimum Gasteiger partial charge on any atom is -0.612 e. The standard InChI is InChI=1S/C19H22N2O6S/c1-24-14-10-18(26-3)15(19(11-14)27-4)7-8-28(23)12-13-5-6-17(25-2)16(9-13)20-21-22/h5-11H,12H2,1-4H3,(H,20,22)/b8-7+. The molecule has 0 aliphatic carbocycles. The van der Waals surface area contributed by atoms with Gasteiger partial charge in [0.05, 0.1) is 39.3 Å². The van der Waals surface area contributed by atoms with E-state index in [1.54, 1.807) is 48.9 Å². The van der Waals surface area contributed by atoms with Crippen molar-refractivity contribution in [2.45, 2.75) is 5.75 Å². The Kier molecular flexibility index (Phi) is 7.97. The second-order valence-electron chi connectivity index (χ2n) is 5.51. The van der Waals surface area contributed by atoms with Crippen molar-refractivity contribution in [1.29, 1.82) is 0 Å². The molecule has 2 aromatic carbocycles. The van der Waals surface area contributed by atoms with Crippen LogP contribution in [0, 0.1) is 4.91 Å². The van der Waals surface area contributed by atoms with Crippen molar-refractivity contribution in [1.82, 2.24) is 0 Å². The average Bonchev–Trinajstić information content (AvgIpc) is 2.72. The summed E-state index contributed by atoms with van der Waals surface area (Å²) in [5.74, 6) is 2.38. The third kappa shape index (κ3) is 5.30. The van der Waals surface area contributed by atoms with E-state index >= 15 is 0 Å². The second kappa shape index (κ2) is 10.4. The fourth-order valence-corrected chi connectivity index (χ4v) is 3.43. The number of methoxy groups -OCH3 is 4. The summed E-state index contributed by atoms with van der Waals surface area (Å²) >= 11 is -1.32. The predicted octanol–water partition coefficient (Wildman–Crippen LogP) is 3.73. The Labute approximate surface area is 166 Å². The van der Waals surface area contributed by atoms with E-state index in [9.17, 15) is 9.46 Å². The summed E-state index contributed by atoms with van der Waals surface area (Å²) in [4.78, 5) is 10.5. The highest BCUT2D eigenvalue weighted by molar-refractivity contribution is 7.93. The van der Waals surface area contributed by atoms with Gasteiger partial charge in [0, 0.05) is 23.8 Å². The van der Waals surface area contributed by atoms with Gasteiger partial charge in [-0.1, -0.05) is 6.07 Å². The molecule has 0 aliphatic heterocycles. The zero-order valence-corrected chi connectivity index (χ0v) is 16.9. The molecule has 0 saturated heterocycles. The van der Waals surface area contributed by atoms with Gasteiger partial charge in [-0.2, -0.15) is 0 Å². The van der Waals surface area contributed by atoms with Crippen LogP contribution in [-0.4, -0.2) is 33.0 Å². The zero-order chi connectivity index (χ0) is 20.5. The highest BCUT2D eigenvalue weighted by Crippen LogP contribution is 2.35. The first kappa shape index (κ1) is 21.4. The first-order chi connectivity index (χ1) is 13.6. The van der Waals surface area contributed by atoms with Gasteiger partial charge < -0.3 is 23.5 Å². The Hall–Kier alpha value is -2.91. The quantitative estimate of drug-likeness (QED) is 0.364. The number of nitrogens with zero attached hydrogens (tertiary/aromatic N) is 1. The fourth-order valence-electron chi connectivity index (χ4n) is 2.53. The maximum Gasteiger partial charge on any atom is 0.143 e. The summed E-state index contributed by atoms with van der Waals surface area (Å²) in [6.07, 6.45) is 1.68. The van der Waals surface area contributed by atoms with Gasteiger partial charge in [-0.25, -0.2) is 5.43 Å². The lowest BCUT2D eigenvalue weighted by Gasteiger charge is -2.13. The molecule has 150 valence electrons. The molecule has 0 aromatic heterocycles. The molecule has 0 saturated carbocycles. The summed E-state index contributed by atoms with van der Waals surface area (Å²) in [6, 6.07) is 8.56. The molecule has 28 heavy (non-hydrogen) atoms. The molecule has 0 radical (unpaired) electrons. The van der Waals surface area contributed by atoms with E-state index in [1.165, 1.54) is 21.3 Å². The van der Waals surface area contributed by atoms with E-state index in [1.807, 2.05) is 0 Å². The molecule has 8 nitrogen and oxygen atoms in total. The monoisotopic (exact) mass is 406 g/mol. The molecule has 0 heterocycles. The van der Waals surface area contributed by atoms with Gasteiger partial charge in [0.2, 0.25) is 0 Å². The number of benzene rings is 2. The van der Waals surface area contributed by atoms with Crippen LogP contribution in [0.15, 0.2) is 41.0 Å². The molecular weight excluding hydrogens is 384 g/mol. The molecule has 2 rings (SSSR count). The molecule has 0 spiro atoms. The van der Waals surface area contributed by atoms with Crippen LogP contribution in [-0.2, 0) is 16.9 Å². The number of nitrogens with one attached hydrogen (secondary N) is 1. The minimum atomic E-state index is -1.32. The second-order valence-corrected chi connectivity index (χ2v) is 6.83. The van der Waals surface area contributed by atoms with E-state index in [0.29, 0.717) is 34.2 Å². The molecule has 0 amide bonds. The highest BCUT2D eigenvalue weighted by Gasteiger charge is 2.13. The first-order valence-electron chi connectivity index (χ1n) is 8.17. The molecule has 0 aliphatic rings. The van der Waals surface area contributed by atoms with Crippen molar-refractivity contribution in [2.24, 2.45) is 5.29 Å². The van der Waals surface area contributed by atoms with E-state index < -0.39 is 11.2 Å². The largest absolute Gasteiger partial charge is 0.612 e. The molecule has 0 fully saturated rings. The Morgan fingerprint density at radius 1 is 1.00 bits per heavy atom. The molecule has 1 N–H and O–H groups in total. The Bertz CT molecular complexity index is 818. The van der Waals surface area contributed by atoms with Gasteiger partial charge in [-0.05, 0) is 23.3 Å². The van der Waals surface area contributed by atoms with Gasteiger partial charge in [0.15, 0.2) is 0 Å². The van der Waals surface area contributed by atoms with Crippen LogP contribution >= 0.6 is 0 Å². The zero-order valence-electron chi connectivity index (χ0n) is 16.1. The average molecular weight is 406 g/mol. The third-order valence-corrected chi connectivity index (χ3v) is 4.94. The van der Waals surface area contributed by atoms with Crippen molar-refractivity contribution < 1.29 is 23.5 Å². The van der Waals surface area contributed by atoms with Crippen molar-refractivity contribution in [3.8, 4) is 23.0 Å². The number of hydrogen-bond acceptors (Lipinski definition) is 7.